The van der Waals surface area contributed by atoms with Gasteiger partial charge in [0.25, 0.3) is 0 Å². The van der Waals surface area contributed by atoms with Gasteiger partial charge in [-0.3, -0.25) is 4.57 Å². The van der Waals surface area contributed by atoms with Gasteiger partial charge >= 0.3 is 0 Å². The summed E-state index contributed by atoms with van der Waals surface area (Å²) in [4.78, 5) is 56.3. The first-order valence-corrected chi connectivity index (χ1v) is 37.7. The molecule has 0 aliphatic carbocycles. The van der Waals surface area contributed by atoms with Crippen LogP contribution in [0.3, 0.4) is 0 Å². The Morgan fingerprint density at radius 1 is 0.299 bits per heavy atom. The molecule has 6 aromatic heterocycles. The molecule has 117 heavy (non-hydrogen) atoms. The van der Waals surface area contributed by atoms with E-state index in [0.717, 1.165) is 101 Å². The van der Waals surface area contributed by atoms with Gasteiger partial charge < -0.3 is 0 Å². The molecule has 0 saturated carbocycles. The smallest absolute Gasteiger partial charge is 0.208 e. The molecular formula is C101H76N16. The highest BCUT2D eigenvalue weighted by Crippen LogP contribution is 2.34. The fourth-order valence-electron chi connectivity index (χ4n) is 12.2. The Morgan fingerprint density at radius 2 is 0.581 bits per heavy atom. The van der Waals surface area contributed by atoms with E-state index in [0.29, 0.717) is 52.4 Å². The lowest BCUT2D eigenvalue weighted by atomic mass is 10.0. The van der Waals surface area contributed by atoms with E-state index in [1.165, 1.54) is 12.7 Å². The monoisotopic (exact) mass is 1510 g/mol. The van der Waals surface area contributed by atoms with Crippen molar-refractivity contribution >= 4 is 6.08 Å². The summed E-state index contributed by atoms with van der Waals surface area (Å²) in [7, 11) is 0. The Hall–Kier alpha value is -16.4. The van der Waals surface area contributed by atoms with Gasteiger partial charge in [0.1, 0.15) is 24.8 Å². The molecular weight excluding hydrogens is 1440 g/mol. The number of terminal acetylenes is 1. The van der Waals surface area contributed by atoms with Gasteiger partial charge in [0, 0.05) is 66.9 Å². The zero-order valence-corrected chi connectivity index (χ0v) is 63.9. The van der Waals surface area contributed by atoms with E-state index in [-0.39, 0.29) is 0 Å². The van der Waals surface area contributed by atoms with Crippen LogP contribution in [0.4, 0.5) is 0 Å². The van der Waals surface area contributed by atoms with Gasteiger partial charge in [0.2, 0.25) is 5.82 Å². The molecule has 0 saturated heterocycles. The summed E-state index contributed by atoms with van der Waals surface area (Å²) in [5, 5.41) is 4.84. The van der Waals surface area contributed by atoms with Crippen LogP contribution >= 0.6 is 0 Å². The first kappa shape index (κ1) is 77.4. The minimum Gasteiger partial charge on any atom is -0.298 e. The topological polar surface area (TPSA) is 190 Å². The van der Waals surface area contributed by atoms with E-state index in [9.17, 15) is 0 Å². The van der Waals surface area contributed by atoms with Gasteiger partial charge in [0.15, 0.2) is 46.6 Å². The SMILES string of the molecule is C#Cc1nc(-c2ccccc2)nc(-c2ccccc2)n1.C=Cc1ncncn1.Cc1nc(-c2ccccc2)nc(-c2ccccc2)n1.c1ccc(-c2cc(-c3ccccc3)n(-c3ccccc3)n2)cc1.c1ccc(-c2nc(-c3ccccc3)nc(-c3ccccc3)n2)cc1.c1ccc(-c2ncn(-c3ccccc3)c2-c2ccccc2)cc1. The van der Waals surface area contributed by atoms with Crippen molar-refractivity contribution in [1.29, 1.82) is 0 Å². The first-order chi connectivity index (χ1) is 57.9. The Kier molecular flexibility index (Phi) is 26.5. The molecule has 0 N–H and O–H groups in total. The van der Waals surface area contributed by atoms with Crippen LogP contribution in [0.25, 0.3) is 142 Å². The molecule has 13 aromatic carbocycles. The minimum atomic E-state index is 0.345. The first-order valence-electron chi connectivity index (χ1n) is 37.7. The van der Waals surface area contributed by atoms with Crippen LogP contribution in [0.1, 0.15) is 17.5 Å². The number of nitrogens with zero attached hydrogens (tertiary/aromatic N) is 16. The van der Waals surface area contributed by atoms with Crippen molar-refractivity contribution in [2.75, 3.05) is 0 Å². The summed E-state index contributed by atoms with van der Waals surface area (Å²) in [5.74, 6) is 8.83. The summed E-state index contributed by atoms with van der Waals surface area (Å²) in [6, 6.07) is 133. The zero-order valence-electron chi connectivity index (χ0n) is 63.9. The molecule has 0 aliphatic heterocycles. The molecule has 16 nitrogen and oxygen atoms in total. The molecule has 0 bridgehead atoms. The van der Waals surface area contributed by atoms with E-state index in [4.69, 9.17) is 16.5 Å². The van der Waals surface area contributed by atoms with Gasteiger partial charge in [0.05, 0.1) is 28.5 Å². The second-order valence-electron chi connectivity index (χ2n) is 25.8. The number of hydrogen-bond donors (Lipinski definition) is 0. The molecule has 560 valence electrons. The summed E-state index contributed by atoms with van der Waals surface area (Å²) < 4.78 is 4.16. The van der Waals surface area contributed by atoms with Crippen LogP contribution in [-0.2, 0) is 0 Å². The van der Waals surface area contributed by atoms with E-state index < -0.39 is 0 Å². The predicted octanol–water partition coefficient (Wildman–Crippen LogP) is 22.5. The number of aryl methyl sites for hydroxylation is 1. The highest BCUT2D eigenvalue weighted by atomic mass is 15.3. The molecule has 0 spiro atoms. The summed E-state index contributed by atoms with van der Waals surface area (Å²) in [6.45, 7) is 5.37. The highest BCUT2D eigenvalue weighted by molar-refractivity contribution is 5.80. The van der Waals surface area contributed by atoms with Crippen molar-refractivity contribution in [2.45, 2.75) is 6.92 Å². The van der Waals surface area contributed by atoms with Crippen LogP contribution in [0, 0.1) is 19.3 Å². The molecule has 0 radical (unpaired) electrons. The van der Waals surface area contributed by atoms with Gasteiger partial charge in [-0.15, -0.1) is 6.42 Å². The third-order valence-corrected chi connectivity index (χ3v) is 17.8. The lowest BCUT2D eigenvalue weighted by Gasteiger charge is -2.10. The number of rotatable bonds is 14. The summed E-state index contributed by atoms with van der Waals surface area (Å²) in [6.07, 6.45) is 11.8. The zero-order chi connectivity index (χ0) is 79.8. The van der Waals surface area contributed by atoms with E-state index in [2.05, 4.69) is 180 Å². The van der Waals surface area contributed by atoms with Crippen molar-refractivity contribution in [2.24, 2.45) is 0 Å². The van der Waals surface area contributed by atoms with E-state index in [1.54, 1.807) is 6.08 Å². The number of para-hydroxylation sites is 2. The highest BCUT2D eigenvalue weighted by Gasteiger charge is 2.18. The summed E-state index contributed by atoms with van der Waals surface area (Å²) in [5.41, 5.74) is 17.7. The van der Waals surface area contributed by atoms with Crippen molar-refractivity contribution in [1.82, 2.24) is 79.1 Å². The molecule has 19 rings (SSSR count). The maximum Gasteiger partial charge on any atom is 0.208 e. The summed E-state index contributed by atoms with van der Waals surface area (Å²) >= 11 is 0. The number of imidazole rings is 1. The molecule has 19 aromatic rings. The molecule has 0 atom stereocenters. The molecule has 6 heterocycles. The van der Waals surface area contributed by atoms with E-state index >= 15 is 0 Å². The Balaban J connectivity index is 0.000000118. The average molecular weight is 1510 g/mol. The quantitative estimate of drug-likeness (QED) is 0.0934. The van der Waals surface area contributed by atoms with Crippen LogP contribution in [0.5, 0.6) is 0 Å². The van der Waals surface area contributed by atoms with Crippen molar-refractivity contribution in [3.05, 3.63) is 443 Å². The van der Waals surface area contributed by atoms with E-state index in [1.807, 2.05) is 315 Å². The molecule has 0 aliphatic rings. The van der Waals surface area contributed by atoms with Crippen molar-refractivity contribution < 1.29 is 0 Å². The Morgan fingerprint density at radius 3 is 0.906 bits per heavy atom. The average Bonchev–Trinajstić information content (AvgIpc) is 1.46. The number of benzene rings is 13. The normalized spacial score (nSPS) is 10.3. The molecule has 0 amide bonds. The third kappa shape index (κ3) is 21.0. The fourth-order valence-corrected chi connectivity index (χ4v) is 12.2. The lowest BCUT2D eigenvalue weighted by molar-refractivity contribution is 0.892. The minimum absolute atomic E-state index is 0.345. The lowest BCUT2D eigenvalue weighted by Crippen LogP contribution is -2.00. The van der Waals surface area contributed by atoms with Crippen LogP contribution < -0.4 is 0 Å². The van der Waals surface area contributed by atoms with Gasteiger partial charge in [-0.2, -0.15) is 5.10 Å². The molecule has 0 unspecified atom stereocenters. The second kappa shape index (κ2) is 40.0. The third-order valence-electron chi connectivity index (χ3n) is 17.8. The van der Waals surface area contributed by atoms with Gasteiger partial charge in [-0.25, -0.2) is 69.5 Å². The maximum atomic E-state index is 5.44. The van der Waals surface area contributed by atoms with Crippen LogP contribution in [-0.4, -0.2) is 79.1 Å². The van der Waals surface area contributed by atoms with Gasteiger partial charge in [-0.1, -0.05) is 377 Å². The number of hydrogen-bond acceptors (Lipinski definition) is 14. The second-order valence-corrected chi connectivity index (χ2v) is 25.8. The predicted molar refractivity (Wildman–Crippen MR) is 469 cm³/mol. The fraction of sp³-hybridized carbons (Fsp3) is 0.00990. The van der Waals surface area contributed by atoms with Crippen LogP contribution in [0.15, 0.2) is 426 Å². The maximum absolute atomic E-state index is 5.44. The van der Waals surface area contributed by atoms with Crippen molar-refractivity contribution in [3.63, 3.8) is 0 Å². The van der Waals surface area contributed by atoms with Crippen LogP contribution in [0.2, 0.25) is 0 Å². The Labute approximate surface area is 680 Å². The van der Waals surface area contributed by atoms with Gasteiger partial charge in [-0.05, 0) is 49.3 Å². The molecule has 0 fully saturated rings. The van der Waals surface area contributed by atoms with Crippen molar-refractivity contribution in [3.8, 4) is 148 Å². The largest absolute Gasteiger partial charge is 0.298 e. The number of aromatic nitrogens is 16. The standard InChI is InChI=1S/C21H15N3.2C21H16N2.C17H11N3.C16H13N3.C5H5N3/c1-4-10-16(11-5-1)19-22-20(17-12-6-2-7-13-17)24-21(23-19)18-14-8-3-9-15-18;1-4-10-17(11-5-1)20-21(18-12-6-2-7-13-18)23(16-22-20)19-14-8-3-9-15-19;1-4-10-17(11-5-1)20-16-21(18-12-6-2-7-13-18)23(22-20)19-14-8-3-9-15-19;1-2-15-18-16(13-9-5-3-6-10-13)20-17(19-15)14-11-7-4-8-12-14;1-12-17-15(13-8-4-2-5-9-13)19-16(18-12)14-10-6-3-7-11-14;1-2-5-7-3-6-4-8-5/h1-15H;2*1-16H;1,3-12H;2-11H,1H3;2-4H,1H2. The molecule has 16 heteroatoms. The Bertz CT molecular complexity index is 5840.